The third-order valence-electron chi connectivity index (χ3n) is 3.38. The fraction of sp³-hybridized carbons (Fsp3) is 0.800. The largest absolute Gasteiger partial charge is 0.385 e. The number of rotatable bonds is 10. The molecule has 1 aliphatic rings. The molecule has 0 bridgehead atoms. The van der Waals surface area contributed by atoms with Gasteiger partial charge in [-0.15, -0.1) is 0 Å². The van der Waals surface area contributed by atoms with Crippen LogP contribution in [0.1, 0.15) is 32.1 Å². The number of carbonyl (C=O) groups is 1. The molecule has 0 radical (unpaired) electrons. The number of amides is 1. The summed E-state index contributed by atoms with van der Waals surface area (Å²) >= 11 is 0. The van der Waals surface area contributed by atoms with E-state index in [0.29, 0.717) is 13.2 Å². The Bertz CT molecular complexity index is 304. The first-order chi connectivity index (χ1) is 9.76. The van der Waals surface area contributed by atoms with Gasteiger partial charge in [0.05, 0.1) is 13.2 Å². The molecule has 116 valence electrons. The average Bonchev–Trinajstić information content (AvgIpc) is 2.46. The Labute approximate surface area is 121 Å². The molecule has 5 nitrogen and oxygen atoms in total. The maximum Gasteiger partial charge on any atom is 0.246 e. The Kier molecular flexibility index (Phi) is 9.28. The van der Waals surface area contributed by atoms with Gasteiger partial charge in [-0.2, -0.15) is 0 Å². The molecule has 0 spiro atoms. The summed E-state index contributed by atoms with van der Waals surface area (Å²) in [5, 5.41) is 3.01. The summed E-state index contributed by atoms with van der Waals surface area (Å²) in [6, 6.07) is 0.250. The molecule has 20 heavy (non-hydrogen) atoms. The Balaban J connectivity index is 2.12. The van der Waals surface area contributed by atoms with E-state index in [1.165, 1.54) is 5.57 Å². The summed E-state index contributed by atoms with van der Waals surface area (Å²) in [6.07, 6.45) is 7.45. The van der Waals surface area contributed by atoms with Crippen LogP contribution in [0.25, 0.3) is 0 Å². The van der Waals surface area contributed by atoms with Gasteiger partial charge in [0.25, 0.3) is 0 Å². The summed E-state index contributed by atoms with van der Waals surface area (Å²) in [5.74, 6) is -0.0395. The van der Waals surface area contributed by atoms with Gasteiger partial charge in [-0.3, -0.25) is 4.79 Å². The fourth-order valence-electron chi connectivity index (χ4n) is 2.27. The van der Waals surface area contributed by atoms with Crippen molar-refractivity contribution in [1.29, 1.82) is 0 Å². The zero-order valence-corrected chi connectivity index (χ0v) is 12.7. The van der Waals surface area contributed by atoms with Crippen molar-refractivity contribution in [3.63, 3.8) is 0 Å². The highest BCUT2D eigenvalue weighted by atomic mass is 16.5. The van der Waals surface area contributed by atoms with Gasteiger partial charge in [0.1, 0.15) is 6.61 Å². The van der Waals surface area contributed by atoms with E-state index in [4.69, 9.17) is 14.2 Å². The summed E-state index contributed by atoms with van der Waals surface area (Å²) in [6.45, 7) is 1.91. The van der Waals surface area contributed by atoms with Crippen LogP contribution in [0.4, 0.5) is 0 Å². The lowest BCUT2D eigenvalue weighted by molar-refractivity contribution is -0.126. The minimum atomic E-state index is -0.0395. The van der Waals surface area contributed by atoms with E-state index in [1.807, 2.05) is 0 Å². The SMILES string of the molecule is COCCCC1=CCC(NC(=O)COCCOC)CC1. The maximum absolute atomic E-state index is 11.7. The van der Waals surface area contributed by atoms with Crippen molar-refractivity contribution < 1.29 is 19.0 Å². The van der Waals surface area contributed by atoms with E-state index in [1.54, 1.807) is 14.2 Å². The minimum Gasteiger partial charge on any atom is -0.385 e. The number of hydrogen-bond donors (Lipinski definition) is 1. The lowest BCUT2D eigenvalue weighted by Gasteiger charge is -2.23. The van der Waals surface area contributed by atoms with Crippen molar-refractivity contribution in [3.05, 3.63) is 11.6 Å². The number of methoxy groups -OCH3 is 2. The molecule has 1 N–H and O–H groups in total. The highest BCUT2D eigenvalue weighted by molar-refractivity contribution is 5.77. The lowest BCUT2D eigenvalue weighted by Crippen LogP contribution is -2.38. The third-order valence-corrected chi connectivity index (χ3v) is 3.38. The van der Waals surface area contributed by atoms with Crippen LogP contribution in [0.15, 0.2) is 11.6 Å². The topological polar surface area (TPSA) is 56.8 Å². The van der Waals surface area contributed by atoms with Crippen LogP contribution >= 0.6 is 0 Å². The molecular weight excluding hydrogens is 258 g/mol. The van der Waals surface area contributed by atoms with E-state index in [2.05, 4.69) is 11.4 Å². The van der Waals surface area contributed by atoms with Crippen LogP contribution in [0.5, 0.6) is 0 Å². The molecule has 0 heterocycles. The van der Waals surface area contributed by atoms with Crippen LogP contribution < -0.4 is 5.32 Å². The fourth-order valence-corrected chi connectivity index (χ4v) is 2.27. The lowest BCUT2D eigenvalue weighted by atomic mass is 9.92. The first-order valence-electron chi connectivity index (χ1n) is 7.29. The molecule has 1 aliphatic carbocycles. The molecule has 0 aromatic heterocycles. The van der Waals surface area contributed by atoms with Crippen molar-refractivity contribution >= 4 is 5.91 Å². The summed E-state index contributed by atoms with van der Waals surface area (Å²) in [5.41, 5.74) is 1.49. The van der Waals surface area contributed by atoms with Crippen molar-refractivity contribution in [2.45, 2.75) is 38.1 Å². The number of carbonyl (C=O) groups excluding carboxylic acids is 1. The van der Waals surface area contributed by atoms with Gasteiger partial charge in [-0.1, -0.05) is 11.6 Å². The first kappa shape index (κ1) is 17.1. The molecule has 1 amide bonds. The zero-order chi connectivity index (χ0) is 14.6. The molecule has 0 saturated heterocycles. The van der Waals surface area contributed by atoms with Crippen molar-refractivity contribution in [1.82, 2.24) is 5.32 Å². The minimum absolute atomic E-state index is 0.0395. The summed E-state index contributed by atoms with van der Waals surface area (Å²) in [7, 11) is 3.34. The smallest absolute Gasteiger partial charge is 0.246 e. The third kappa shape index (κ3) is 7.62. The molecular formula is C15H27NO4. The van der Waals surface area contributed by atoms with Gasteiger partial charge in [0.15, 0.2) is 0 Å². The summed E-state index contributed by atoms with van der Waals surface area (Å²) in [4.78, 5) is 11.7. The van der Waals surface area contributed by atoms with E-state index in [0.717, 1.165) is 38.7 Å². The standard InChI is InChI=1S/C15H27NO4/c1-18-9-3-4-13-5-7-14(8-6-13)16-15(17)12-20-11-10-19-2/h5,14H,3-4,6-12H2,1-2H3,(H,16,17). The van der Waals surface area contributed by atoms with Gasteiger partial charge < -0.3 is 19.5 Å². The van der Waals surface area contributed by atoms with Crippen molar-refractivity contribution in [3.8, 4) is 0 Å². The van der Waals surface area contributed by atoms with E-state index in [-0.39, 0.29) is 18.6 Å². The van der Waals surface area contributed by atoms with Gasteiger partial charge in [0.2, 0.25) is 5.91 Å². The Morgan fingerprint density at radius 3 is 2.75 bits per heavy atom. The highest BCUT2D eigenvalue weighted by Gasteiger charge is 2.16. The molecule has 0 saturated carbocycles. The predicted octanol–water partition coefficient (Wildman–Crippen LogP) is 1.67. The molecule has 1 unspecified atom stereocenters. The van der Waals surface area contributed by atoms with Crippen LogP contribution in [-0.4, -0.2) is 52.6 Å². The summed E-state index contributed by atoms with van der Waals surface area (Å²) < 4.78 is 15.1. The highest BCUT2D eigenvalue weighted by Crippen LogP contribution is 2.21. The monoisotopic (exact) mass is 285 g/mol. The second kappa shape index (κ2) is 10.8. The van der Waals surface area contributed by atoms with Crippen molar-refractivity contribution in [2.75, 3.05) is 40.6 Å². The molecule has 0 aliphatic heterocycles. The van der Waals surface area contributed by atoms with Crippen LogP contribution in [-0.2, 0) is 19.0 Å². The van der Waals surface area contributed by atoms with Crippen LogP contribution in [0.2, 0.25) is 0 Å². The quantitative estimate of drug-likeness (QED) is 0.490. The Morgan fingerprint density at radius 1 is 1.30 bits per heavy atom. The number of nitrogens with one attached hydrogen (secondary N) is 1. The number of allylic oxidation sites excluding steroid dienone is 1. The molecule has 0 aromatic rings. The normalized spacial score (nSPS) is 18.7. The van der Waals surface area contributed by atoms with Gasteiger partial charge in [-0.05, 0) is 32.1 Å². The zero-order valence-electron chi connectivity index (χ0n) is 12.7. The van der Waals surface area contributed by atoms with Crippen molar-refractivity contribution in [2.24, 2.45) is 0 Å². The molecule has 5 heteroatoms. The first-order valence-corrected chi connectivity index (χ1v) is 7.29. The molecule has 0 fully saturated rings. The Morgan fingerprint density at radius 2 is 2.10 bits per heavy atom. The maximum atomic E-state index is 11.7. The van der Waals surface area contributed by atoms with Gasteiger partial charge in [0, 0.05) is 26.9 Å². The number of ether oxygens (including phenoxy) is 3. The Hall–Kier alpha value is -0.910. The second-order valence-corrected chi connectivity index (χ2v) is 5.04. The molecule has 0 aromatic carbocycles. The molecule has 1 rings (SSSR count). The van der Waals surface area contributed by atoms with Gasteiger partial charge in [-0.25, -0.2) is 0 Å². The molecule has 1 atom stereocenters. The predicted molar refractivity (Wildman–Crippen MR) is 77.7 cm³/mol. The average molecular weight is 285 g/mol. The number of hydrogen-bond acceptors (Lipinski definition) is 4. The van der Waals surface area contributed by atoms with Gasteiger partial charge >= 0.3 is 0 Å². The second-order valence-electron chi connectivity index (χ2n) is 5.04. The van der Waals surface area contributed by atoms with Crippen LogP contribution in [0.3, 0.4) is 0 Å². The van der Waals surface area contributed by atoms with E-state index < -0.39 is 0 Å². The van der Waals surface area contributed by atoms with Crippen LogP contribution in [0, 0.1) is 0 Å². The van der Waals surface area contributed by atoms with E-state index >= 15 is 0 Å². The van der Waals surface area contributed by atoms with E-state index in [9.17, 15) is 4.79 Å².